The maximum absolute atomic E-state index is 12.9. The first kappa shape index (κ1) is 24.7. The zero-order valence-electron chi connectivity index (χ0n) is 17.6. The Hall–Kier alpha value is -2.60. The Morgan fingerprint density at radius 2 is 1.94 bits per heavy atom. The normalized spacial score (nSPS) is 12.1. The Balaban J connectivity index is 1.89. The molecule has 0 aromatic carbocycles. The molecule has 0 saturated carbocycles. The van der Waals surface area contributed by atoms with Crippen LogP contribution in [0.4, 0.5) is 18.0 Å². The summed E-state index contributed by atoms with van der Waals surface area (Å²) in [5.74, 6) is -1.49. The fourth-order valence-corrected chi connectivity index (χ4v) is 3.34. The molecule has 0 radical (unpaired) electrons. The maximum Gasteiger partial charge on any atom is 0.435 e. The summed E-state index contributed by atoms with van der Waals surface area (Å²) < 4.78 is 44.7. The molecule has 0 bridgehead atoms. The Kier molecular flexibility index (Phi) is 7.71. The number of nitrogens with one attached hydrogen (secondary N) is 1. The molecule has 1 amide bonds. The lowest BCUT2D eigenvalue weighted by Gasteiger charge is -2.24. The highest BCUT2D eigenvalue weighted by Crippen LogP contribution is 2.30. The van der Waals surface area contributed by atoms with Crippen LogP contribution in [0.5, 0.6) is 0 Å². The first-order valence-electron chi connectivity index (χ1n) is 9.41. The van der Waals surface area contributed by atoms with Crippen LogP contribution in [0, 0.1) is 0 Å². The van der Waals surface area contributed by atoms with E-state index in [1.165, 1.54) is 16.2 Å². The summed E-state index contributed by atoms with van der Waals surface area (Å²) in [6.45, 7) is 6.92. The number of carboxylic acids is 1. The van der Waals surface area contributed by atoms with Gasteiger partial charge in [-0.15, -0.1) is 11.3 Å². The van der Waals surface area contributed by atoms with Crippen molar-refractivity contribution in [2.75, 3.05) is 26.7 Å². The predicted octanol–water partition coefficient (Wildman–Crippen LogP) is 3.65. The molecule has 0 unspecified atom stereocenters. The van der Waals surface area contributed by atoms with E-state index in [1.54, 1.807) is 39.3 Å². The summed E-state index contributed by atoms with van der Waals surface area (Å²) in [7, 11) is 1.64. The number of carboxylic acid groups (broad SMARTS) is 1. The number of likely N-dealkylation sites (N-methyl/N-ethyl adjacent to an activating group) is 1. The minimum absolute atomic E-state index is 0.262. The van der Waals surface area contributed by atoms with Crippen molar-refractivity contribution in [1.29, 1.82) is 0 Å². The van der Waals surface area contributed by atoms with E-state index >= 15 is 0 Å². The minimum Gasteiger partial charge on any atom is -0.477 e. The molecular weight excluding hydrogens is 437 g/mol. The SMILES string of the molecule is CN(CCNCCc1cc(-n2nc(C(F)(F)F)cc2C(=O)O)cs1)C(=O)OC(C)(C)C. The van der Waals surface area contributed by atoms with Gasteiger partial charge >= 0.3 is 18.2 Å². The maximum atomic E-state index is 12.9. The number of nitrogens with zero attached hydrogens (tertiary/aromatic N) is 3. The number of amides is 1. The zero-order chi connectivity index (χ0) is 23.4. The molecule has 0 spiro atoms. The molecule has 2 N–H and O–H groups in total. The molecule has 12 heteroatoms. The summed E-state index contributed by atoms with van der Waals surface area (Å²) in [6, 6.07) is 2.13. The van der Waals surface area contributed by atoms with Gasteiger partial charge < -0.3 is 20.1 Å². The van der Waals surface area contributed by atoms with Crippen LogP contribution in [0.25, 0.3) is 5.69 Å². The second kappa shape index (κ2) is 9.69. The van der Waals surface area contributed by atoms with Gasteiger partial charge in [0.05, 0.1) is 5.69 Å². The van der Waals surface area contributed by atoms with E-state index < -0.39 is 35.2 Å². The van der Waals surface area contributed by atoms with E-state index in [1.807, 2.05) is 0 Å². The third-order valence-corrected chi connectivity index (χ3v) is 4.96. The van der Waals surface area contributed by atoms with Gasteiger partial charge in [0.1, 0.15) is 5.60 Å². The van der Waals surface area contributed by atoms with Gasteiger partial charge in [-0.3, -0.25) is 0 Å². The van der Waals surface area contributed by atoms with Gasteiger partial charge in [-0.2, -0.15) is 18.3 Å². The summed E-state index contributed by atoms with van der Waals surface area (Å²) in [5, 5.41) is 17.3. The molecule has 2 aromatic heterocycles. The Morgan fingerprint density at radius 1 is 1.26 bits per heavy atom. The van der Waals surface area contributed by atoms with Gasteiger partial charge in [0, 0.05) is 43.0 Å². The van der Waals surface area contributed by atoms with Gasteiger partial charge in [0.2, 0.25) is 0 Å². The number of aromatic nitrogens is 2. The molecule has 2 aromatic rings. The summed E-state index contributed by atoms with van der Waals surface area (Å²) in [5.41, 5.74) is -2.11. The Morgan fingerprint density at radius 3 is 2.52 bits per heavy atom. The van der Waals surface area contributed by atoms with Crippen molar-refractivity contribution < 1.29 is 32.6 Å². The van der Waals surface area contributed by atoms with Crippen molar-refractivity contribution in [2.24, 2.45) is 0 Å². The molecule has 0 saturated heterocycles. The third kappa shape index (κ3) is 7.24. The van der Waals surface area contributed by atoms with Gasteiger partial charge in [0.15, 0.2) is 11.4 Å². The second-order valence-electron chi connectivity index (χ2n) is 7.80. The number of ether oxygens (including phenoxy) is 1. The first-order chi connectivity index (χ1) is 14.3. The van der Waals surface area contributed by atoms with Crippen LogP contribution in [0.1, 0.15) is 41.8 Å². The number of carbonyl (C=O) groups is 2. The van der Waals surface area contributed by atoms with Crippen molar-refractivity contribution in [3.8, 4) is 5.69 Å². The lowest BCUT2D eigenvalue weighted by atomic mass is 10.2. The highest BCUT2D eigenvalue weighted by Gasteiger charge is 2.36. The van der Waals surface area contributed by atoms with Gasteiger partial charge in [0.25, 0.3) is 0 Å². The van der Waals surface area contributed by atoms with E-state index in [4.69, 9.17) is 4.74 Å². The molecule has 8 nitrogen and oxygen atoms in total. The summed E-state index contributed by atoms with van der Waals surface area (Å²) in [4.78, 5) is 25.5. The molecule has 0 fully saturated rings. The average molecular weight is 462 g/mol. The van der Waals surface area contributed by atoms with Crippen molar-refractivity contribution in [2.45, 2.75) is 39.0 Å². The van der Waals surface area contributed by atoms with Crippen molar-refractivity contribution in [3.63, 3.8) is 0 Å². The quantitative estimate of drug-likeness (QED) is 0.582. The highest BCUT2D eigenvalue weighted by molar-refractivity contribution is 7.10. The topological polar surface area (TPSA) is 96.7 Å². The summed E-state index contributed by atoms with van der Waals surface area (Å²) >= 11 is 1.30. The molecule has 0 atom stereocenters. The van der Waals surface area contributed by atoms with Gasteiger partial charge in [-0.25, -0.2) is 14.3 Å². The molecule has 0 aliphatic carbocycles. The van der Waals surface area contributed by atoms with Crippen molar-refractivity contribution >= 4 is 23.4 Å². The highest BCUT2D eigenvalue weighted by atomic mass is 32.1. The Labute approximate surface area is 181 Å². The number of hydrogen-bond acceptors (Lipinski definition) is 6. The molecule has 0 aliphatic rings. The van der Waals surface area contributed by atoms with Crippen LogP contribution < -0.4 is 5.32 Å². The molecule has 0 aliphatic heterocycles. The minimum atomic E-state index is -4.73. The standard InChI is InChI=1S/C19H25F3N4O4S/c1-18(2,3)30-17(29)25(4)8-7-23-6-5-13-9-12(11-31-13)26-14(16(27)28)10-15(24-26)19(20,21)22/h9-11,23H,5-8H2,1-4H3,(H,27,28). The van der Waals surface area contributed by atoms with Crippen LogP contribution >= 0.6 is 11.3 Å². The van der Waals surface area contributed by atoms with Gasteiger partial charge in [-0.1, -0.05) is 0 Å². The van der Waals surface area contributed by atoms with E-state index in [2.05, 4.69) is 10.4 Å². The van der Waals surface area contributed by atoms with Crippen LogP contribution in [0.3, 0.4) is 0 Å². The van der Waals surface area contributed by atoms with Crippen LogP contribution in [-0.2, 0) is 17.3 Å². The van der Waals surface area contributed by atoms with Crippen molar-refractivity contribution in [3.05, 3.63) is 33.8 Å². The van der Waals surface area contributed by atoms with Crippen LogP contribution in [-0.4, -0.2) is 64.1 Å². The molecule has 2 rings (SSSR count). The van der Waals surface area contributed by atoms with Crippen LogP contribution in [0.2, 0.25) is 0 Å². The van der Waals surface area contributed by atoms with E-state index in [9.17, 15) is 27.9 Å². The van der Waals surface area contributed by atoms with Crippen molar-refractivity contribution in [1.82, 2.24) is 20.0 Å². The fourth-order valence-electron chi connectivity index (χ4n) is 2.49. The average Bonchev–Trinajstić information content (AvgIpc) is 3.26. The van der Waals surface area contributed by atoms with E-state index in [-0.39, 0.29) is 5.69 Å². The molecule has 2 heterocycles. The zero-order valence-corrected chi connectivity index (χ0v) is 18.4. The van der Waals surface area contributed by atoms with Crippen LogP contribution in [0.15, 0.2) is 17.5 Å². The monoisotopic (exact) mass is 462 g/mol. The van der Waals surface area contributed by atoms with E-state index in [0.29, 0.717) is 32.1 Å². The number of aromatic carboxylic acids is 1. The largest absolute Gasteiger partial charge is 0.477 e. The van der Waals surface area contributed by atoms with E-state index in [0.717, 1.165) is 9.56 Å². The number of alkyl halides is 3. The predicted molar refractivity (Wildman–Crippen MR) is 109 cm³/mol. The number of carbonyl (C=O) groups excluding carboxylic acids is 1. The molecule has 172 valence electrons. The fraction of sp³-hybridized carbons (Fsp3) is 0.526. The second-order valence-corrected chi connectivity index (χ2v) is 8.80. The Bertz CT molecular complexity index is 918. The lowest BCUT2D eigenvalue weighted by Crippen LogP contribution is -2.38. The number of thiophene rings is 1. The number of rotatable bonds is 8. The van der Waals surface area contributed by atoms with Gasteiger partial charge in [-0.05, 0) is 33.3 Å². The number of hydrogen-bond donors (Lipinski definition) is 2. The molecular formula is C19H25F3N4O4S. The summed E-state index contributed by atoms with van der Waals surface area (Å²) in [6.07, 6.45) is -4.56. The third-order valence-electron chi connectivity index (χ3n) is 3.98. The smallest absolute Gasteiger partial charge is 0.435 e. The first-order valence-corrected chi connectivity index (χ1v) is 10.3. The number of halogens is 3. The lowest BCUT2D eigenvalue weighted by molar-refractivity contribution is -0.141. The molecule has 31 heavy (non-hydrogen) atoms.